The van der Waals surface area contributed by atoms with Crippen molar-refractivity contribution in [2.75, 3.05) is 17.6 Å². The summed E-state index contributed by atoms with van der Waals surface area (Å²) < 4.78 is 0. The summed E-state index contributed by atoms with van der Waals surface area (Å²) in [6.07, 6.45) is 0.885. The van der Waals surface area contributed by atoms with Gasteiger partial charge in [-0.1, -0.05) is 30.1 Å². The van der Waals surface area contributed by atoms with Crippen LogP contribution in [0.2, 0.25) is 10.0 Å². The van der Waals surface area contributed by atoms with Gasteiger partial charge in [-0.2, -0.15) is 0 Å². The third kappa shape index (κ3) is 4.06. The molecule has 0 spiro atoms. The molecule has 0 heterocycles. The molecule has 0 aliphatic rings. The van der Waals surface area contributed by atoms with Gasteiger partial charge in [0, 0.05) is 17.1 Å². The SMILES string of the molecule is CCCNC(=O)c1ccc(Nc2ccc(Cl)cc2Cl)c(N)c1. The van der Waals surface area contributed by atoms with E-state index in [1.165, 1.54) is 0 Å². The molecular weight excluding hydrogens is 321 g/mol. The fourth-order valence-corrected chi connectivity index (χ4v) is 2.35. The molecule has 0 unspecified atom stereocenters. The molecule has 0 saturated carbocycles. The Hall–Kier alpha value is -1.91. The molecule has 2 aromatic carbocycles. The summed E-state index contributed by atoms with van der Waals surface area (Å²) in [5, 5.41) is 7.00. The Bertz CT molecular complexity index is 689. The van der Waals surface area contributed by atoms with Crippen molar-refractivity contribution in [1.82, 2.24) is 5.32 Å². The van der Waals surface area contributed by atoms with Crippen molar-refractivity contribution in [1.29, 1.82) is 0 Å². The molecular formula is C16H17Cl2N3O. The number of nitrogens with two attached hydrogens (primary N) is 1. The second kappa shape index (κ2) is 7.38. The second-order valence-corrected chi connectivity index (χ2v) is 5.65. The first kappa shape index (κ1) is 16.5. The lowest BCUT2D eigenvalue weighted by molar-refractivity contribution is 0.0953. The lowest BCUT2D eigenvalue weighted by Gasteiger charge is -2.12. The van der Waals surface area contributed by atoms with Gasteiger partial charge in [0.2, 0.25) is 0 Å². The van der Waals surface area contributed by atoms with E-state index in [9.17, 15) is 4.79 Å². The zero-order valence-electron chi connectivity index (χ0n) is 12.1. The van der Waals surface area contributed by atoms with Gasteiger partial charge in [-0.15, -0.1) is 0 Å². The average molecular weight is 338 g/mol. The largest absolute Gasteiger partial charge is 0.397 e. The van der Waals surface area contributed by atoms with Gasteiger partial charge in [-0.05, 0) is 42.8 Å². The number of hydrogen-bond acceptors (Lipinski definition) is 3. The van der Waals surface area contributed by atoms with E-state index in [1.54, 1.807) is 36.4 Å². The minimum Gasteiger partial charge on any atom is -0.397 e. The highest BCUT2D eigenvalue weighted by molar-refractivity contribution is 6.36. The first-order valence-electron chi connectivity index (χ1n) is 6.91. The molecule has 2 rings (SSSR count). The maximum Gasteiger partial charge on any atom is 0.251 e. The van der Waals surface area contributed by atoms with Crippen molar-refractivity contribution < 1.29 is 4.79 Å². The molecule has 0 aromatic heterocycles. The van der Waals surface area contributed by atoms with Gasteiger partial charge in [-0.3, -0.25) is 4.79 Å². The lowest BCUT2D eigenvalue weighted by atomic mass is 10.1. The van der Waals surface area contributed by atoms with E-state index in [2.05, 4.69) is 10.6 Å². The van der Waals surface area contributed by atoms with Crippen LogP contribution in [0.1, 0.15) is 23.7 Å². The Morgan fingerprint density at radius 1 is 1.14 bits per heavy atom. The number of rotatable bonds is 5. The molecule has 4 nitrogen and oxygen atoms in total. The summed E-state index contributed by atoms with van der Waals surface area (Å²) in [6.45, 7) is 2.64. The van der Waals surface area contributed by atoms with E-state index in [0.29, 0.717) is 39.2 Å². The van der Waals surface area contributed by atoms with Crippen LogP contribution >= 0.6 is 23.2 Å². The molecule has 0 radical (unpaired) electrons. The van der Waals surface area contributed by atoms with Crippen LogP contribution in [-0.2, 0) is 0 Å². The van der Waals surface area contributed by atoms with Crippen LogP contribution < -0.4 is 16.4 Å². The first-order valence-corrected chi connectivity index (χ1v) is 7.66. The summed E-state index contributed by atoms with van der Waals surface area (Å²) in [4.78, 5) is 11.9. The lowest BCUT2D eigenvalue weighted by Crippen LogP contribution is -2.24. The highest BCUT2D eigenvalue weighted by atomic mass is 35.5. The van der Waals surface area contributed by atoms with E-state index in [0.717, 1.165) is 6.42 Å². The van der Waals surface area contributed by atoms with Crippen LogP contribution in [0, 0.1) is 0 Å². The van der Waals surface area contributed by atoms with Crippen molar-refractivity contribution in [2.24, 2.45) is 0 Å². The van der Waals surface area contributed by atoms with Crippen molar-refractivity contribution >= 4 is 46.2 Å². The Kier molecular flexibility index (Phi) is 5.52. The third-order valence-electron chi connectivity index (χ3n) is 3.05. The zero-order valence-corrected chi connectivity index (χ0v) is 13.6. The molecule has 1 amide bonds. The van der Waals surface area contributed by atoms with Crippen LogP contribution in [0.25, 0.3) is 0 Å². The number of amides is 1. The average Bonchev–Trinajstić information content (AvgIpc) is 2.49. The highest BCUT2D eigenvalue weighted by Gasteiger charge is 2.09. The molecule has 6 heteroatoms. The minimum absolute atomic E-state index is 0.135. The first-order chi connectivity index (χ1) is 10.5. The number of hydrogen-bond donors (Lipinski definition) is 3. The third-order valence-corrected chi connectivity index (χ3v) is 3.60. The van der Waals surface area contributed by atoms with Gasteiger partial charge >= 0.3 is 0 Å². The molecule has 0 bridgehead atoms. The molecule has 4 N–H and O–H groups in total. The Morgan fingerprint density at radius 2 is 1.86 bits per heavy atom. The van der Waals surface area contributed by atoms with Crippen LogP contribution in [0.3, 0.4) is 0 Å². The normalized spacial score (nSPS) is 10.3. The van der Waals surface area contributed by atoms with Gasteiger partial charge in [-0.25, -0.2) is 0 Å². The van der Waals surface area contributed by atoms with Crippen molar-refractivity contribution in [2.45, 2.75) is 13.3 Å². The molecule has 22 heavy (non-hydrogen) atoms. The molecule has 2 aromatic rings. The quantitative estimate of drug-likeness (QED) is 0.705. The van der Waals surface area contributed by atoms with Gasteiger partial charge in [0.15, 0.2) is 0 Å². The maximum absolute atomic E-state index is 11.9. The maximum atomic E-state index is 11.9. The van der Waals surface area contributed by atoms with Crippen molar-refractivity contribution in [3.05, 3.63) is 52.0 Å². The number of nitrogen functional groups attached to an aromatic ring is 1. The highest BCUT2D eigenvalue weighted by Crippen LogP contribution is 2.30. The number of carbonyl (C=O) groups is 1. The molecule has 0 atom stereocenters. The van der Waals surface area contributed by atoms with Gasteiger partial charge in [0.1, 0.15) is 0 Å². The monoisotopic (exact) mass is 337 g/mol. The molecule has 0 aliphatic heterocycles. The van der Waals surface area contributed by atoms with Gasteiger partial charge in [0.25, 0.3) is 5.91 Å². The topological polar surface area (TPSA) is 67.2 Å². The molecule has 0 aliphatic carbocycles. The Balaban J connectivity index is 2.17. The fraction of sp³-hybridized carbons (Fsp3) is 0.188. The van der Waals surface area contributed by atoms with Crippen LogP contribution in [-0.4, -0.2) is 12.5 Å². The standard InChI is InChI=1S/C16H17Cl2N3O/c1-2-7-20-16(22)10-3-5-15(13(19)8-10)21-14-6-4-11(17)9-12(14)18/h3-6,8-9,21H,2,7,19H2,1H3,(H,20,22). The van der Waals surface area contributed by atoms with E-state index >= 15 is 0 Å². The molecule has 116 valence electrons. The Labute approximate surface area is 139 Å². The Morgan fingerprint density at radius 3 is 2.50 bits per heavy atom. The number of anilines is 3. The zero-order chi connectivity index (χ0) is 16.1. The summed E-state index contributed by atoms with van der Waals surface area (Å²) in [5.41, 5.74) is 8.37. The predicted molar refractivity (Wildman–Crippen MR) is 93.2 cm³/mol. The van der Waals surface area contributed by atoms with E-state index < -0.39 is 0 Å². The smallest absolute Gasteiger partial charge is 0.251 e. The summed E-state index contributed by atoms with van der Waals surface area (Å²) in [6, 6.07) is 10.3. The summed E-state index contributed by atoms with van der Waals surface area (Å²) >= 11 is 12.0. The number of nitrogens with one attached hydrogen (secondary N) is 2. The van der Waals surface area contributed by atoms with Crippen LogP contribution in [0.4, 0.5) is 17.1 Å². The molecule has 0 fully saturated rings. The van der Waals surface area contributed by atoms with E-state index in [4.69, 9.17) is 28.9 Å². The van der Waals surface area contributed by atoms with Gasteiger partial charge in [0.05, 0.1) is 22.1 Å². The van der Waals surface area contributed by atoms with Gasteiger partial charge < -0.3 is 16.4 Å². The summed E-state index contributed by atoms with van der Waals surface area (Å²) in [5.74, 6) is -0.135. The number of benzene rings is 2. The second-order valence-electron chi connectivity index (χ2n) is 4.81. The van der Waals surface area contributed by atoms with Crippen molar-refractivity contribution in [3.63, 3.8) is 0 Å². The van der Waals surface area contributed by atoms with Crippen molar-refractivity contribution in [3.8, 4) is 0 Å². The minimum atomic E-state index is -0.135. The van der Waals surface area contributed by atoms with E-state index in [1.807, 2.05) is 6.92 Å². The predicted octanol–water partition coefficient (Wildman–Crippen LogP) is 4.46. The fourth-order valence-electron chi connectivity index (χ4n) is 1.89. The number of halogens is 2. The van der Waals surface area contributed by atoms with E-state index in [-0.39, 0.29) is 5.91 Å². The molecule has 0 saturated heterocycles. The van der Waals surface area contributed by atoms with Crippen LogP contribution in [0.15, 0.2) is 36.4 Å². The number of carbonyl (C=O) groups excluding carboxylic acids is 1. The van der Waals surface area contributed by atoms with Crippen LogP contribution in [0.5, 0.6) is 0 Å². The summed E-state index contributed by atoms with van der Waals surface area (Å²) in [7, 11) is 0.